The Hall–Kier alpha value is -1.65. The van der Waals surface area contributed by atoms with Crippen LogP contribution in [0.3, 0.4) is 0 Å². The summed E-state index contributed by atoms with van der Waals surface area (Å²) in [7, 11) is 2.01. The molecule has 120 valence electrons. The minimum Gasteiger partial charge on any atom is -0.355 e. The number of aliphatic imine (C=N–C) groups is 1. The second-order valence-corrected chi connectivity index (χ2v) is 6.42. The molecule has 0 spiro atoms. The van der Waals surface area contributed by atoms with Gasteiger partial charge < -0.3 is 10.2 Å². The molecule has 2 aliphatic rings. The fraction of sp³-hybridized carbons (Fsp3) is 0.588. The molecule has 1 fully saturated rings. The third kappa shape index (κ3) is 2.81. The van der Waals surface area contributed by atoms with Crippen LogP contribution in [-0.2, 0) is 5.41 Å². The second-order valence-electron chi connectivity index (χ2n) is 6.42. The van der Waals surface area contributed by atoms with Crippen molar-refractivity contribution < 1.29 is 8.78 Å². The molecular weight excluding hydrogens is 284 g/mol. The van der Waals surface area contributed by atoms with E-state index in [0.29, 0.717) is 12.1 Å². The summed E-state index contributed by atoms with van der Waals surface area (Å²) in [6.07, 6.45) is 4.94. The lowest BCUT2D eigenvalue weighted by Crippen LogP contribution is -2.47. The lowest BCUT2D eigenvalue weighted by molar-refractivity contribution is 0.379. The molecular formula is C17H23F2N3. The van der Waals surface area contributed by atoms with Crippen LogP contribution in [0, 0.1) is 11.6 Å². The van der Waals surface area contributed by atoms with Gasteiger partial charge in [0, 0.05) is 32.1 Å². The van der Waals surface area contributed by atoms with E-state index in [1.165, 1.54) is 6.07 Å². The van der Waals surface area contributed by atoms with Crippen molar-refractivity contribution in [1.82, 2.24) is 10.2 Å². The zero-order valence-electron chi connectivity index (χ0n) is 13.0. The number of hydrogen-bond donors (Lipinski definition) is 1. The van der Waals surface area contributed by atoms with Crippen LogP contribution in [0.15, 0.2) is 23.2 Å². The molecule has 0 atom stereocenters. The first-order valence-electron chi connectivity index (χ1n) is 8.06. The van der Waals surface area contributed by atoms with Gasteiger partial charge in [-0.15, -0.1) is 0 Å². The van der Waals surface area contributed by atoms with Crippen molar-refractivity contribution in [3.63, 3.8) is 0 Å². The van der Waals surface area contributed by atoms with Crippen LogP contribution < -0.4 is 5.32 Å². The van der Waals surface area contributed by atoms with Crippen LogP contribution in [0.2, 0.25) is 0 Å². The molecule has 0 saturated heterocycles. The fourth-order valence-electron chi connectivity index (χ4n) is 3.67. The summed E-state index contributed by atoms with van der Waals surface area (Å²) in [5.41, 5.74) is 0.184. The van der Waals surface area contributed by atoms with Crippen molar-refractivity contribution >= 4 is 5.96 Å². The van der Waals surface area contributed by atoms with Crippen LogP contribution in [-0.4, -0.2) is 37.5 Å². The molecule has 1 heterocycles. The monoisotopic (exact) mass is 307 g/mol. The Kier molecular flexibility index (Phi) is 4.32. The van der Waals surface area contributed by atoms with E-state index in [-0.39, 0.29) is 5.41 Å². The summed E-state index contributed by atoms with van der Waals surface area (Å²) in [5.74, 6) is -0.574. The van der Waals surface area contributed by atoms with E-state index in [4.69, 9.17) is 0 Å². The van der Waals surface area contributed by atoms with Gasteiger partial charge in [-0.3, -0.25) is 4.99 Å². The van der Waals surface area contributed by atoms with E-state index >= 15 is 0 Å². The normalized spacial score (nSPS) is 20.9. The molecule has 1 aliphatic carbocycles. The Balaban J connectivity index is 1.83. The van der Waals surface area contributed by atoms with Crippen molar-refractivity contribution in [2.75, 3.05) is 26.7 Å². The van der Waals surface area contributed by atoms with Crippen LogP contribution >= 0.6 is 0 Å². The van der Waals surface area contributed by atoms with Gasteiger partial charge in [0.25, 0.3) is 0 Å². The SMILES string of the molecule is CN1CCCN=C1NCC1(c2cccc(F)c2F)CCCC1. The molecule has 1 aliphatic heterocycles. The molecule has 5 heteroatoms. The Morgan fingerprint density at radius 2 is 2.00 bits per heavy atom. The summed E-state index contributed by atoms with van der Waals surface area (Å²) in [6, 6.07) is 4.53. The lowest BCUT2D eigenvalue weighted by atomic mass is 9.78. The summed E-state index contributed by atoms with van der Waals surface area (Å²) < 4.78 is 27.9. The van der Waals surface area contributed by atoms with Crippen molar-refractivity contribution in [3.05, 3.63) is 35.4 Å². The van der Waals surface area contributed by atoms with Crippen molar-refractivity contribution in [3.8, 4) is 0 Å². The molecule has 0 aromatic heterocycles. The number of rotatable bonds is 3. The molecule has 0 bridgehead atoms. The predicted molar refractivity (Wildman–Crippen MR) is 84.1 cm³/mol. The smallest absolute Gasteiger partial charge is 0.193 e. The Bertz CT molecular complexity index is 565. The highest BCUT2D eigenvalue weighted by atomic mass is 19.2. The first kappa shape index (κ1) is 15.3. The number of nitrogens with one attached hydrogen (secondary N) is 1. The van der Waals surface area contributed by atoms with E-state index in [9.17, 15) is 8.78 Å². The first-order chi connectivity index (χ1) is 10.6. The van der Waals surface area contributed by atoms with E-state index in [0.717, 1.165) is 51.2 Å². The number of guanidine groups is 1. The highest BCUT2D eigenvalue weighted by Crippen LogP contribution is 2.42. The maximum atomic E-state index is 14.3. The molecule has 1 N–H and O–H groups in total. The quantitative estimate of drug-likeness (QED) is 0.929. The van der Waals surface area contributed by atoms with E-state index in [2.05, 4.69) is 15.2 Å². The predicted octanol–water partition coefficient (Wildman–Crippen LogP) is 3.06. The Morgan fingerprint density at radius 1 is 1.23 bits per heavy atom. The molecule has 3 nitrogen and oxygen atoms in total. The maximum absolute atomic E-state index is 14.3. The third-order valence-electron chi connectivity index (χ3n) is 4.94. The van der Waals surface area contributed by atoms with Gasteiger partial charge in [0.2, 0.25) is 0 Å². The standard InChI is InChI=1S/C17H23F2N3/c1-22-11-5-10-20-16(22)21-12-17(8-2-3-9-17)13-6-4-7-14(18)15(13)19/h4,6-7H,2-3,5,8-12H2,1H3,(H,20,21). The minimum atomic E-state index is -0.754. The zero-order chi connectivity index (χ0) is 15.6. The number of hydrogen-bond acceptors (Lipinski definition) is 3. The Labute approximate surface area is 130 Å². The van der Waals surface area contributed by atoms with Gasteiger partial charge in [0.1, 0.15) is 0 Å². The maximum Gasteiger partial charge on any atom is 0.193 e. The van der Waals surface area contributed by atoms with Crippen LogP contribution in [0.1, 0.15) is 37.7 Å². The highest BCUT2D eigenvalue weighted by molar-refractivity contribution is 5.80. The van der Waals surface area contributed by atoms with Gasteiger partial charge in [-0.1, -0.05) is 25.0 Å². The number of nitrogens with zero attached hydrogens (tertiary/aromatic N) is 2. The highest BCUT2D eigenvalue weighted by Gasteiger charge is 2.38. The van der Waals surface area contributed by atoms with Gasteiger partial charge in [-0.05, 0) is 30.9 Å². The average molecular weight is 307 g/mol. The minimum absolute atomic E-state index is 0.326. The third-order valence-corrected chi connectivity index (χ3v) is 4.94. The van der Waals surface area contributed by atoms with Gasteiger partial charge in [0.05, 0.1) is 0 Å². The lowest BCUT2D eigenvalue weighted by Gasteiger charge is -2.33. The second kappa shape index (κ2) is 6.23. The molecule has 1 saturated carbocycles. The van der Waals surface area contributed by atoms with Gasteiger partial charge in [-0.25, -0.2) is 8.78 Å². The zero-order valence-corrected chi connectivity index (χ0v) is 13.0. The van der Waals surface area contributed by atoms with Gasteiger partial charge in [0.15, 0.2) is 17.6 Å². The van der Waals surface area contributed by atoms with Crippen molar-refractivity contribution in [2.24, 2.45) is 4.99 Å². The summed E-state index contributed by atoms with van der Waals surface area (Å²) >= 11 is 0. The van der Waals surface area contributed by atoms with Crippen LogP contribution in [0.25, 0.3) is 0 Å². The summed E-state index contributed by atoms with van der Waals surface area (Å²) in [4.78, 5) is 6.59. The average Bonchev–Trinajstić information content (AvgIpc) is 2.99. The summed E-state index contributed by atoms with van der Waals surface area (Å²) in [5, 5.41) is 3.39. The van der Waals surface area contributed by atoms with E-state index < -0.39 is 11.6 Å². The molecule has 0 radical (unpaired) electrons. The Morgan fingerprint density at radius 3 is 2.73 bits per heavy atom. The molecule has 3 rings (SSSR count). The van der Waals surface area contributed by atoms with Crippen LogP contribution in [0.4, 0.5) is 8.78 Å². The first-order valence-corrected chi connectivity index (χ1v) is 8.06. The molecule has 0 unspecified atom stereocenters. The van der Waals surface area contributed by atoms with E-state index in [1.54, 1.807) is 12.1 Å². The topological polar surface area (TPSA) is 27.6 Å². The molecule has 22 heavy (non-hydrogen) atoms. The number of benzene rings is 1. The van der Waals surface area contributed by atoms with Gasteiger partial charge in [-0.2, -0.15) is 0 Å². The molecule has 0 amide bonds. The summed E-state index contributed by atoms with van der Waals surface area (Å²) in [6.45, 7) is 2.41. The van der Waals surface area contributed by atoms with Crippen molar-refractivity contribution in [1.29, 1.82) is 0 Å². The largest absolute Gasteiger partial charge is 0.355 e. The van der Waals surface area contributed by atoms with Crippen LogP contribution in [0.5, 0.6) is 0 Å². The molecule has 1 aromatic rings. The van der Waals surface area contributed by atoms with Gasteiger partial charge >= 0.3 is 0 Å². The van der Waals surface area contributed by atoms with E-state index in [1.807, 2.05) is 7.05 Å². The number of halogens is 2. The fourth-order valence-corrected chi connectivity index (χ4v) is 3.67. The molecule has 1 aromatic carbocycles. The van der Waals surface area contributed by atoms with Crippen molar-refractivity contribution in [2.45, 2.75) is 37.5 Å².